The largest absolute Gasteiger partial charge is 0.391 e. The summed E-state index contributed by atoms with van der Waals surface area (Å²) >= 11 is 3.50. The number of aromatic nitrogens is 1. The number of benzene rings is 1. The minimum atomic E-state index is -4.02. The van der Waals surface area contributed by atoms with Crippen molar-refractivity contribution >= 4 is 26.8 Å². The number of aryl methyl sites for hydroxylation is 1. The quantitative estimate of drug-likeness (QED) is 0.579. The van der Waals surface area contributed by atoms with Crippen molar-refractivity contribution in [3.05, 3.63) is 34.4 Å². The molecule has 1 saturated carbocycles. The lowest BCUT2D eigenvalue weighted by Gasteiger charge is -2.30. The van der Waals surface area contributed by atoms with Crippen molar-refractivity contribution in [2.45, 2.75) is 51.7 Å². The molecule has 0 atom stereocenters. The Morgan fingerprint density at radius 3 is 2.43 bits per heavy atom. The maximum absolute atomic E-state index is 12.8. The van der Waals surface area contributed by atoms with Gasteiger partial charge in [-0.25, -0.2) is 0 Å². The SMILES string of the molecule is CCn1c(CC2CCC(C(F)(F)F)CC2)cc2cc(Br)ccc21. The third-order valence-electron chi connectivity index (χ3n) is 5.07. The smallest absolute Gasteiger partial charge is 0.345 e. The van der Waals surface area contributed by atoms with Gasteiger partial charge in [0.2, 0.25) is 0 Å². The second-order valence-corrected chi connectivity index (χ2v) is 7.46. The van der Waals surface area contributed by atoms with Gasteiger partial charge in [0.15, 0.2) is 0 Å². The molecule has 0 aliphatic heterocycles. The van der Waals surface area contributed by atoms with Crippen LogP contribution in [0.25, 0.3) is 10.9 Å². The van der Waals surface area contributed by atoms with Crippen LogP contribution in [0, 0.1) is 11.8 Å². The van der Waals surface area contributed by atoms with Gasteiger partial charge in [-0.2, -0.15) is 13.2 Å². The lowest BCUT2D eigenvalue weighted by atomic mass is 9.79. The maximum atomic E-state index is 12.8. The molecule has 0 spiro atoms. The summed E-state index contributed by atoms with van der Waals surface area (Å²) in [7, 11) is 0. The molecule has 3 rings (SSSR count). The number of halogens is 4. The molecule has 0 saturated heterocycles. The third-order valence-corrected chi connectivity index (χ3v) is 5.57. The molecule has 0 radical (unpaired) electrons. The number of hydrogen-bond acceptors (Lipinski definition) is 0. The highest BCUT2D eigenvalue weighted by Crippen LogP contribution is 2.40. The highest BCUT2D eigenvalue weighted by atomic mass is 79.9. The molecule has 126 valence electrons. The normalized spacial score (nSPS) is 22.7. The molecule has 1 fully saturated rings. The molecule has 0 bridgehead atoms. The first-order chi connectivity index (χ1) is 10.9. The van der Waals surface area contributed by atoms with Crippen molar-refractivity contribution in [2.24, 2.45) is 11.8 Å². The summed E-state index contributed by atoms with van der Waals surface area (Å²) in [6.45, 7) is 3.00. The van der Waals surface area contributed by atoms with E-state index in [0.717, 1.165) is 17.4 Å². The summed E-state index contributed by atoms with van der Waals surface area (Å²) in [4.78, 5) is 0. The maximum Gasteiger partial charge on any atom is 0.391 e. The fraction of sp³-hybridized carbons (Fsp3) is 0.556. The van der Waals surface area contributed by atoms with Gasteiger partial charge in [-0.1, -0.05) is 15.9 Å². The van der Waals surface area contributed by atoms with E-state index in [9.17, 15) is 13.2 Å². The molecule has 0 N–H and O–H groups in total. The molecule has 1 aliphatic rings. The molecule has 23 heavy (non-hydrogen) atoms. The predicted molar refractivity (Wildman–Crippen MR) is 90.5 cm³/mol. The van der Waals surface area contributed by atoms with Crippen molar-refractivity contribution in [3.8, 4) is 0 Å². The van der Waals surface area contributed by atoms with E-state index in [0.29, 0.717) is 18.8 Å². The fourth-order valence-corrected chi connectivity index (χ4v) is 4.21. The monoisotopic (exact) mass is 387 g/mol. The van der Waals surface area contributed by atoms with Crippen LogP contribution in [-0.4, -0.2) is 10.7 Å². The topological polar surface area (TPSA) is 4.93 Å². The predicted octanol–water partition coefficient (Wildman–Crippen LogP) is 6.33. The summed E-state index contributed by atoms with van der Waals surface area (Å²) in [6.07, 6.45) is -1.21. The molecule has 1 nitrogen and oxygen atoms in total. The van der Waals surface area contributed by atoms with Crippen LogP contribution in [0.15, 0.2) is 28.7 Å². The Balaban J connectivity index is 1.75. The zero-order valence-electron chi connectivity index (χ0n) is 13.2. The van der Waals surface area contributed by atoms with E-state index >= 15 is 0 Å². The number of nitrogens with zero attached hydrogens (tertiary/aromatic N) is 1. The van der Waals surface area contributed by atoms with Crippen LogP contribution >= 0.6 is 15.9 Å². The first kappa shape index (κ1) is 16.9. The second kappa shape index (κ2) is 6.50. The van der Waals surface area contributed by atoms with E-state index in [4.69, 9.17) is 0 Å². The summed E-state index contributed by atoms with van der Waals surface area (Å²) in [5, 5.41) is 1.19. The average molecular weight is 388 g/mol. The minimum Gasteiger partial charge on any atom is -0.345 e. The van der Waals surface area contributed by atoms with Gasteiger partial charge in [-0.05, 0) is 69.2 Å². The van der Waals surface area contributed by atoms with E-state index in [1.165, 1.54) is 16.6 Å². The van der Waals surface area contributed by atoms with E-state index in [1.54, 1.807) is 0 Å². The van der Waals surface area contributed by atoms with Gasteiger partial charge in [0.1, 0.15) is 0 Å². The van der Waals surface area contributed by atoms with Gasteiger partial charge in [0.05, 0.1) is 5.92 Å². The van der Waals surface area contributed by atoms with E-state index in [1.807, 2.05) is 6.07 Å². The second-order valence-electron chi connectivity index (χ2n) is 6.55. The van der Waals surface area contributed by atoms with Crippen molar-refractivity contribution in [1.82, 2.24) is 4.57 Å². The van der Waals surface area contributed by atoms with Crippen molar-refractivity contribution in [2.75, 3.05) is 0 Å². The summed E-state index contributed by atoms with van der Waals surface area (Å²) in [6, 6.07) is 8.44. The van der Waals surface area contributed by atoms with Crippen LogP contribution in [0.2, 0.25) is 0 Å². The Morgan fingerprint density at radius 1 is 1.13 bits per heavy atom. The minimum absolute atomic E-state index is 0.284. The van der Waals surface area contributed by atoms with Gasteiger partial charge in [0.25, 0.3) is 0 Å². The highest BCUT2D eigenvalue weighted by molar-refractivity contribution is 9.10. The van der Waals surface area contributed by atoms with E-state index < -0.39 is 12.1 Å². The third kappa shape index (κ3) is 3.59. The Hall–Kier alpha value is -0.970. The van der Waals surface area contributed by atoms with Crippen LogP contribution in [0.4, 0.5) is 13.2 Å². The molecule has 0 unspecified atom stereocenters. The number of fused-ring (bicyclic) bond motifs is 1. The first-order valence-electron chi connectivity index (χ1n) is 8.23. The summed E-state index contributed by atoms with van der Waals surface area (Å²) in [5.74, 6) is -0.724. The molecule has 0 amide bonds. The van der Waals surface area contributed by atoms with Crippen LogP contribution < -0.4 is 0 Å². The molecular formula is C18H21BrF3N. The lowest BCUT2D eigenvalue weighted by molar-refractivity contribution is -0.183. The highest BCUT2D eigenvalue weighted by Gasteiger charge is 2.41. The van der Waals surface area contributed by atoms with Gasteiger partial charge < -0.3 is 4.57 Å². The van der Waals surface area contributed by atoms with Crippen molar-refractivity contribution < 1.29 is 13.2 Å². The van der Waals surface area contributed by atoms with E-state index in [-0.39, 0.29) is 12.8 Å². The van der Waals surface area contributed by atoms with Crippen molar-refractivity contribution in [3.63, 3.8) is 0 Å². The standard InChI is InChI=1S/C18H21BrF3N/c1-2-23-16(11-13-10-15(19)7-8-17(13)23)9-12-3-5-14(6-4-12)18(20,21)22/h7-8,10-12,14H,2-6,9H2,1H3. The van der Waals surface area contributed by atoms with Gasteiger partial charge in [-0.15, -0.1) is 0 Å². The lowest BCUT2D eigenvalue weighted by Crippen LogP contribution is -2.28. The molecule has 2 aromatic rings. The van der Waals surface area contributed by atoms with Crippen LogP contribution in [0.1, 0.15) is 38.3 Å². The van der Waals surface area contributed by atoms with Gasteiger partial charge in [-0.3, -0.25) is 0 Å². The summed E-state index contributed by atoms with van der Waals surface area (Å²) in [5.41, 5.74) is 2.45. The Bertz CT molecular complexity index is 681. The zero-order valence-corrected chi connectivity index (χ0v) is 14.8. The van der Waals surface area contributed by atoms with Crippen LogP contribution in [-0.2, 0) is 13.0 Å². The molecule has 1 aliphatic carbocycles. The van der Waals surface area contributed by atoms with Crippen LogP contribution in [0.5, 0.6) is 0 Å². The van der Waals surface area contributed by atoms with Gasteiger partial charge >= 0.3 is 6.18 Å². The summed E-state index contributed by atoms with van der Waals surface area (Å²) < 4.78 is 41.7. The Labute approximate surface area is 143 Å². The molecule has 5 heteroatoms. The Kier molecular flexibility index (Phi) is 4.77. The molecule has 1 aromatic heterocycles. The fourth-order valence-electron chi connectivity index (χ4n) is 3.83. The van der Waals surface area contributed by atoms with E-state index in [2.05, 4.69) is 45.6 Å². The Morgan fingerprint density at radius 2 is 1.83 bits per heavy atom. The van der Waals surface area contributed by atoms with Crippen LogP contribution in [0.3, 0.4) is 0 Å². The average Bonchev–Trinajstić information content (AvgIpc) is 2.82. The number of alkyl halides is 3. The first-order valence-corrected chi connectivity index (χ1v) is 9.02. The van der Waals surface area contributed by atoms with Gasteiger partial charge in [0, 0.05) is 27.6 Å². The molecule has 1 aromatic carbocycles. The number of hydrogen-bond donors (Lipinski definition) is 0. The van der Waals surface area contributed by atoms with Crippen molar-refractivity contribution in [1.29, 1.82) is 0 Å². The number of rotatable bonds is 3. The molecule has 1 heterocycles. The zero-order chi connectivity index (χ0) is 16.6. The molecular weight excluding hydrogens is 367 g/mol.